The predicted molar refractivity (Wildman–Crippen MR) is 62.3 cm³/mol. The largest absolute Gasteiger partial charge is 0.288 e. The van der Waals surface area contributed by atoms with Gasteiger partial charge in [-0.15, -0.1) is 0 Å². The molecule has 0 atom stereocenters. The van der Waals surface area contributed by atoms with Crippen molar-refractivity contribution in [2.75, 3.05) is 0 Å². The van der Waals surface area contributed by atoms with Crippen LogP contribution in [0.4, 0.5) is 0 Å². The minimum absolute atomic E-state index is 0.0706. The Morgan fingerprint density at radius 3 is 2.80 bits per heavy atom. The first-order valence-corrected chi connectivity index (χ1v) is 5.28. The predicted octanol–water partition coefficient (Wildman–Crippen LogP) is 2.30. The molecule has 4 heteroatoms. The molecule has 0 aliphatic carbocycles. The summed E-state index contributed by atoms with van der Waals surface area (Å²) < 4.78 is 2.71. The molecule has 1 heterocycles. The molecule has 0 unspecified atom stereocenters. The highest BCUT2D eigenvalue weighted by atomic mass is 79.9. The summed E-state index contributed by atoms with van der Waals surface area (Å²) in [7, 11) is 0. The van der Waals surface area contributed by atoms with Crippen LogP contribution >= 0.6 is 15.9 Å². The monoisotopic (exact) mass is 264 g/mol. The van der Waals surface area contributed by atoms with Gasteiger partial charge in [-0.2, -0.15) is 5.10 Å². The maximum absolute atomic E-state index is 11.1. The van der Waals surface area contributed by atoms with Crippen molar-refractivity contribution in [1.82, 2.24) is 9.78 Å². The third-order valence-corrected chi connectivity index (χ3v) is 2.53. The SMILES string of the molecule is Cc1cc(=O)cnn1-c1cccc(Br)c1. The quantitative estimate of drug-likeness (QED) is 0.793. The van der Waals surface area contributed by atoms with E-state index in [4.69, 9.17) is 0 Å². The van der Waals surface area contributed by atoms with E-state index in [0.29, 0.717) is 0 Å². The lowest BCUT2D eigenvalue weighted by molar-refractivity contribution is 0.799. The fourth-order valence-corrected chi connectivity index (χ4v) is 1.78. The average Bonchev–Trinajstić information content (AvgIpc) is 2.17. The van der Waals surface area contributed by atoms with Crippen LogP contribution in [0.2, 0.25) is 0 Å². The van der Waals surface area contributed by atoms with Crippen LogP contribution in [0.15, 0.2) is 45.8 Å². The molecule has 2 aromatic rings. The Hall–Kier alpha value is -1.42. The molecule has 2 rings (SSSR count). The minimum Gasteiger partial charge on any atom is -0.288 e. The minimum atomic E-state index is -0.0706. The Labute approximate surface area is 95.5 Å². The standard InChI is InChI=1S/C11H9BrN2O/c1-8-5-11(15)7-13-14(8)10-4-2-3-9(12)6-10/h2-7H,1H3. The second-order valence-electron chi connectivity index (χ2n) is 3.22. The number of halogens is 1. The topological polar surface area (TPSA) is 34.9 Å². The van der Waals surface area contributed by atoms with Crippen LogP contribution in [-0.2, 0) is 0 Å². The molecule has 15 heavy (non-hydrogen) atoms. The maximum atomic E-state index is 11.1. The first-order valence-electron chi connectivity index (χ1n) is 4.49. The molecule has 0 saturated carbocycles. The lowest BCUT2D eigenvalue weighted by atomic mass is 10.3. The lowest BCUT2D eigenvalue weighted by Gasteiger charge is -2.08. The van der Waals surface area contributed by atoms with Gasteiger partial charge in [0.1, 0.15) is 0 Å². The van der Waals surface area contributed by atoms with Crippen molar-refractivity contribution < 1.29 is 0 Å². The number of hydrogen-bond acceptors (Lipinski definition) is 2. The van der Waals surface area contributed by atoms with E-state index in [1.807, 2.05) is 31.2 Å². The second-order valence-corrected chi connectivity index (χ2v) is 4.14. The van der Waals surface area contributed by atoms with Gasteiger partial charge in [-0.1, -0.05) is 22.0 Å². The van der Waals surface area contributed by atoms with E-state index >= 15 is 0 Å². The van der Waals surface area contributed by atoms with E-state index in [1.165, 1.54) is 6.20 Å². The van der Waals surface area contributed by atoms with E-state index in [1.54, 1.807) is 10.7 Å². The Balaban J connectivity index is 2.59. The Kier molecular flexibility index (Phi) is 2.68. The molecule has 0 bridgehead atoms. The number of aryl methyl sites for hydroxylation is 1. The lowest BCUT2D eigenvalue weighted by Crippen LogP contribution is -2.11. The molecule has 3 nitrogen and oxygen atoms in total. The van der Waals surface area contributed by atoms with Crippen molar-refractivity contribution in [3.8, 4) is 5.69 Å². The van der Waals surface area contributed by atoms with Gasteiger partial charge < -0.3 is 0 Å². The smallest absolute Gasteiger partial charge is 0.200 e. The third-order valence-electron chi connectivity index (χ3n) is 2.04. The van der Waals surface area contributed by atoms with Crippen molar-refractivity contribution in [3.05, 3.63) is 56.9 Å². The molecular formula is C11H9BrN2O. The first kappa shape index (κ1) is 10.1. The maximum Gasteiger partial charge on any atom is 0.200 e. The Bertz CT molecular complexity index is 548. The van der Waals surface area contributed by atoms with Crippen molar-refractivity contribution in [3.63, 3.8) is 0 Å². The molecule has 0 radical (unpaired) electrons. The van der Waals surface area contributed by atoms with Gasteiger partial charge in [-0.05, 0) is 25.1 Å². The van der Waals surface area contributed by atoms with Crippen LogP contribution in [0.3, 0.4) is 0 Å². The van der Waals surface area contributed by atoms with E-state index in [9.17, 15) is 4.79 Å². The van der Waals surface area contributed by atoms with Gasteiger partial charge in [-0.25, -0.2) is 4.68 Å². The summed E-state index contributed by atoms with van der Waals surface area (Å²) in [4.78, 5) is 11.1. The number of aromatic nitrogens is 2. The number of hydrogen-bond donors (Lipinski definition) is 0. The van der Waals surface area contributed by atoms with E-state index in [-0.39, 0.29) is 5.43 Å². The Morgan fingerprint density at radius 2 is 2.13 bits per heavy atom. The highest BCUT2D eigenvalue weighted by molar-refractivity contribution is 9.10. The van der Waals surface area contributed by atoms with Gasteiger partial charge in [-0.3, -0.25) is 4.79 Å². The summed E-state index contributed by atoms with van der Waals surface area (Å²) in [6, 6.07) is 9.33. The zero-order valence-corrected chi connectivity index (χ0v) is 9.73. The van der Waals surface area contributed by atoms with Crippen LogP contribution in [0, 0.1) is 6.92 Å². The summed E-state index contributed by atoms with van der Waals surface area (Å²) in [5.74, 6) is 0. The van der Waals surface area contributed by atoms with Crippen molar-refractivity contribution in [2.45, 2.75) is 6.92 Å². The van der Waals surface area contributed by atoms with Gasteiger partial charge in [0.15, 0.2) is 5.43 Å². The summed E-state index contributed by atoms with van der Waals surface area (Å²) in [5.41, 5.74) is 1.68. The first-order chi connectivity index (χ1) is 7.16. The fraction of sp³-hybridized carbons (Fsp3) is 0.0909. The molecule has 0 spiro atoms. The Morgan fingerprint density at radius 1 is 1.33 bits per heavy atom. The van der Waals surface area contributed by atoms with Crippen LogP contribution in [0.25, 0.3) is 5.69 Å². The van der Waals surface area contributed by atoms with Gasteiger partial charge in [0.05, 0.1) is 11.9 Å². The van der Waals surface area contributed by atoms with Gasteiger partial charge >= 0.3 is 0 Å². The highest BCUT2D eigenvalue weighted by Gasteiger charge is 2.00. The molecule has 0 fully saturated rings. The zero-order chi connectivity index (χ0) is 10.8. The van der Waals surface area contributed by atoms with E-state index < -0.39 is 0 Å². The highest BCUT2D eigenvalue weighted by Crippen LogP contribution is 2.15. The van der Waals surface area contributed by atoms with E-state index in [2.05, 4.69) is 21.0 Å². The van der Waals surface area contributed by atoms with Crippen LogP contribution in [0.5, 0.6) is 0 Å². The molecular weight excluding hydrogens is 256 g/mol. The van der Waals surface area contributed by atoms with Crippen LogP contribution in [0.1, 0.15) is 5.69 Å². The second kappa shape index (κ2) is 3.98. The van der Waals surface area contributed by atoms with Crippen molar-refractivity contribution in [2.24, 2.45) is 0 Å². The van der Waals surface area contributed by atoms with Crippen molar-refractivity contribution >= 4 is 15.9 Å². The average molecular weight is 265 g/mol. The van der Waals surface area contributed by atoms with E-state index in [0.717, 1.165) is 15.9 Å². The molecule has 1 aromatic carbocycles. The molecule has 0 aliphatic rings. The molecule has 0 amide bonds. The fourth-order valence-electron chi connectivity index (χ4n) is 1.39. The van der Waals surface area contributed by atoms with Crippen molar-refractivity contribution in [1.29, 1.82) is 0 Å². The third kappa shape index (κ3) is 2.15. The number of nitrogens with zero attached hydrogens (tertiary/aromatic N) is 2. The van der Waals surface area contributed by atoms with Gasteiger partial charge in [0.25, 0.3) is 0 Å². The molecule has 0 aliphatic heterocycles. The van der Waals surface area contributed by atoms with Crippen LogP contribution in [-0.4, -0.2) is 9.78 Å². The van der Waals surface area contributed by atoms with Gasteiger partial charge in [0, 0.05) is 16.2 Å². The molecule has 0 saturated heterocycles. The summed E-state index contributed by atoms with van der Waals surface area (Å²) in [6.45, 7) is 1.86. The molecule has 0 N–H and O–H groups in total. The summed E-state index contributed by atoms with van der Waals surface area (Å²) in [6.07, 6.45) is 1.31. The molecule has 76 valence electrons. The van der Waals surface area contributed by atoms with Gasteiger partial charge in [0.2, 0.25) is 0 Å². The van der Waals surface area contributed by atoms with Crippen LogP contribution < -0.4 is 5.43 Å². The number of rotatable bonds is 1. The molecule has 1 aromatic heterocycles. The normalized spacial score (nSPS) is 10.3. The summed E-state index contributed by atoms with van der Waals surface area (Å²) >= 11 is 3.40. The zero-order valence-electron chi connectivity index (χ0n) is 8.14. The summed E-state index contributed by atoms with van der Waals surface area (Å²) in [5, 5.41) is 4.07. The number of benzene rings is 1.